The van der Waals surface area contributed by atoms with Crippen LogP contribution in [0.25, 0.3) is 11.1 Å². The molecule has 3 aromatic carbocycles. The number of phenolic OH excluding ortho intramolecular Hbond substituents is 1. The first kappa shape index (κ1) is 28.1. The summed E-state index contributed by atoms with van der Waals surface area (Å²) in [4.78, 5) is 24.0. The van der Waals surface area contributed by atoms with Crippen molar-refractivity contribution >= 4 is 33.3 Å². The predicted molar refractivity (Wildman–Crippen MR) is 148 cm³/mol. The van der Waals surface area contributed by atoms with Crippen molar-refractivity contribution in [3.63, 3.8) is 0 Å². The Morgan fingerprint density at radius 1 is 1.10 bits per heavy atom. The van der Waals surface area contributed by atoms with E-state index in [1.54, 1.807) is 0 Å². The smallest absolute Gasteiger partial charge is 0.306 e. The first-order valence-corrected chi connectivity index (χ1v) is 14.2. The molecule has 0 saturated carbocycles. The third-order valence-corrected chi connectivity index (χ3v) is 7.09. The maximum atomic E-state index is 12.4. The Kier molecular flexibility index (Phi) is 8.54. The lowest BCUT2D eigenvalue weighted by atomic mass is 9.89. The largest absolute Gasteiger partial charge is 0.506 e. The second-order valence-electron chi connectivity index (χ2n) is 9.54. The number of hydrogen-bond donors (Lipinski definition) is 5. The fourth-order valence-corrected chi connectivity index (χ4v) is 4.98. The molecule has 1 aliphatic rings. The Bertz CT molecular complexity index is 1470. The number of carbonyl (C=O) groups is 2. The fraction of sp³-hybridized carbons (Fsp3) is 0.286. The third kappa shape index (κ3) is 7.34. The van der Waals surface area contributed by atoms with Gasteiger partial charge in [-0.1, -0.05) is 42.5 Å². The van der Waals surface area contributed by atoms with Gasteiger partial charge in [-0.2, -0.15) is 0 Å². The number of aliphatic hydroxyl groups is 1. The van der Waals surface area contributed by atoms with Gasteiger partial charge in [-0.3, -0.25) is 14.3 Å². The van der Waals surface area contributed by atoms with Gasteiger partial charge in [0.2, 0.25) is 15.9 Å². The maximum absolute atomic E-state index is 12.4. The zero-order chi connectivity index (χ0) is 28.2. The minimum atomic E-state index is -3.57. The van der Waals surface area contributed by atoms with Crippen molar-refractivity contribution in [2.75, 3.05) is 29.9 Å². The van der Waals surface area contributed by atoms with Gasteiger partial charge in [0, 0.05) is 18.8 Å². The van der Waals surface area contributed by atoms with E-state index in [0.29, 0.717) is 18.5 Å². The van der Waals surface area contributed by atoms with Crippen molar-refractivity contribution in [2.45, 2.75) is 25.5 Å². The molecule has 1 amide bonds. The second kappa shape index (κ2) is 11.9. The van der Waals surface area contributed by atoms with Crippen LogP contribution in [0, 0.1) is 5.92 Å². The van der Waals surface area contributed by atoms with E-state index in [1.165, 1.54) is 25.3 Å². The van der Waals surface area contributed by atoms with Gasteiger partial charge in [-0.25, -0.2) is 8.42 Å². The molecule has 0 radical (unpaired) electrons. The zero-order valence-electron chi connectivity index (χ0n) is 21.6. The van der Waals surface area contributed by atoms with Crippen LogP contribution in [-0.2, 0) is 37.3 Å². The Morgan fingerprint density at radius 3 is 2.51 bits per heavy atom. The summed E-state index contributed by atoms with van der Waals surface area (Å²) in [6.07, 6.45) is 0.595. The topological polar surface area (TPSA) is 154 Å². The van der Waals surface area contributed by atoms with E-state index in [1.807, 2.05) is 42.5 Å². The lowest BCUT2D eigenvalue weighted by Gasteiger charge is -2.24. The lowest BCUT2D eigenvalue weighted by Crippen LogP contribution is -2.31. The van der Waals surface area contributed by atoms with Crippen LogP contribution in [-0.4, -0.2) is 50.4 Å². The summed E-state index contributed by atoms with van der Waals surface area (Å²) in [6.45, 7) is 0.706. The predicted octanol–water partition coefficient (Wildman–Crippen LogP) is 2.93. The van der Waals surface area contributed by atoms with E-state index >= 15 is 0 Å². The summed E-state index contributed by atoms with van der Waals surface area (Å²) in [6, 6.07) is 18.0. The van der Waals surface area contributed by atoms with Crippen molar-refractivity contribution < 1.29 is 33.0 Å². The van der Waals surface area contributed by atoms with Crippen LogP contribution in [0.5, 0.6) is 5.75 Å². The first-order chi connectivity index (χ1) is 18.5. The van der Waals surface area contributed by atoms with Crippen molar-refractivity contribution in [1.82, 2.24) is 5.32 Å². The first-order valence-electron chi connectivity index (χ1n) is 12.3. The number of esters is 1. The molecular formula is C28H31N3O7S. The number of ether oxygens (including phenoxy) is 1. The number of aromatic hydroxyl groups is 1. The summed E-state index contributed by atoms with van der Waals surface area (Å²) in [7, 11) is -2.26. The van der Waals surface area contributed by atoms with Gasteiger partial charge < -0.3 is 25.6 Å². The van der Waals surface area contributed by atoms with Crippen molar-refractivity contribution in [1.29, 1.82) is 0 Å². The van der Waals surface area contributed by atoms with Crippen LogP contribution in [0.1, 0.15) is 29.2 Å². The van der Waals surface area contributed by atoms with E-state index < -0.39 is 28.0 Å². The number of methoxy groups -OCH3 is 1. The normalized spacial score (nSPS) is 15.7. The van der Waals surface area contributed by atoms with Crippen LogP contribution >= 0.6 is 0 Å². The number of benzene rings is 3. The Labute approximate surface area is 227 Å². The van der Waals surface area contributed by atoms with Gasteiger partial charge >= 0.3 is 5.97 Å². The van der Waals surface area contributed by atoms with E-state index in [-0.39, 0.29) is 30.3 Å². The number of anilines is 2. The number of hydrogen-bond acceptors (Lipinski definition) is 8. The highest BCUT2D eigenvalue weighted by molar-refractivity contribution is 7.92. The molecule has 5 N–H and O–H groups in total. The molecule has 39 heavy (non-hydrogen) atoms. The molecule has 1 heterocycles. The SMILES string of the molecule is COC(=O)CC1Cc2ccc(-c3ccc(CNCC(O)c4ccc(O)c(NS(C)(=O)=O)c4)cc3)cc2NC1=O. The highest BCUT2D eigenvalue weighted by Crippen LogP contribution is 2.32. The number of carbonyl (C=O) groups excluding carboxylic acids is 2. The van der Waals surface area contributed by atoms with Crippen LogP contribution in [0.3, 0.4) is 0 Å². The zero-order valence-corrected chi connectivity index (χ0v) is 22.4. The van der Waals surface area contributed by atoms with Crippen molar-refractivity contribution in [3.05, 3.63) is 77.4 Å². The quantitative estimate of drug-likeness (QED) is 0.190. The van der Waals surface area contributed by atoms with Crippen LogP contribution in [0.2, 0.25) is 0 Å². The van der Waals surface area contributed by atoms with Gasteiger partial charge in [-0.05, 0) is 52.4 Å². The molecule has 11 heteroatoms. The van der Waals surface area contributed by atoms with Crippen LogP contribution in [0.4, 0.5) is 11.4 Å². The molecule has 0 aliphatic carbocycles. The molecule has 2 unspecified atom stereocenters. The molecule has 3 aromatic rings. The monoisotopic (exact) mass is 553 g/mol. The second-order valence-corrected chi connectivity index (χ2v) is 11.3. The molecule has 0 fully saturated rings. The number of nitrogens with one attached hydrogen (secondary N) is 3. The fourth-order valence-electron chi connectivity index (χ4n) is 4.42. The molecule has 0 bridgehead atoms. The van der Waals surface area contributed by atoms with E-state index in [9.17, 15) is 28.2 Å². The van der Waals surface area contributed by atoms with Crippen LogP contribution < -0.4 is 15.4 Å². The Morgan fingerprint density at radius 2 is 1.82 bits per heavy atom. The lowest BCUT2D eigenvalue weighted by molar-refractivity contribution is -0.143. The van der Waals surface area contributed by atoms with E-state index in [0.717, 1.165) is 34.2 Å². The highest BCUT2D eigenvalue weighted by atomic mass is 32.2. The summed E-state index contributed by atoms with van der Waals surface area (Å²) in [5.41, 5.74) is 5.09. The Balaban J connectivity index is 1.34. The number of sulfonamides is 1. The van der Waals surface area contributed by atoms with Crippen LogP contribution in [0.15, 0.2) is 60.7 Å². The van der Waals surface area contributed by atoms with Gasteiger partial charge in [0.15, 0.2) is 0 Å². The van der Waals surface area contributed by atoms with E-state index in [2.05, 4.69) is 20.1 Å². The number of aliphatic hydroxyl groups excluding tert-OH is 1. The molecule has 0 saturated heterocycles. The average Bonchev–Trinajstić information content (AvgIpc) is 2.89. The van der Waals surface area contributed by atoms with Gasteiger partial charge in [-0.15, -0.1) is 0 Å². The van der Waals surface area contributed by atoms with Gasteiger partial charge in [0.05, 0.1) is 37.5 Å². The molecule has 4 rings (SSSR count). The minimum Gasteiger partial charge on any atom is -0.506 e. The number of amides is 1. The molecule has 0 spiro atoms. The third-order valence-electron chi connectivity index (χ3n) is 6.50. The summed E-state index contributed by atoms with van der Waals surface area (Å²) >= 11 is 0. The summed E-state index contributed by atoms with van der Waals surface area (Å²) < 4.78 is 29.9. The van der Waals surface area contributed by atoms with Crippen molar-refractivity contribution in [3.8, 4) is 16.9 Å². The molecule has 0 aromatic heterocycles. The molecule has 10 nitrogen and oxygen atoms in total. The summed E-state index contributed by atoms with van der Waals surface area (Å²) in [5, 5.41) is 26.5. The number of rotatable bonds is 10. The molecular weight excluding hydrogens is 522 g/mol. The molecule has 2 atom stereocenters. The summed E-state index contributed by atoms with van der Waals surface area (Å²) in [5.74, 6) is -1.27. The minimum absolute atomic E-state index is 0.00685. The maximum Gasteiger partial charge on any atom is 0.306 e. The molecule has 206 valence electrons. The standard InChI is InChI=1S/C28H31N3O7S/c1-38-27(34)14-22-11-20-8-7-19(12-23(20)30-28(22)35)18-5-3-17(4-6-18)15-29-16-26(33)21-9-10-25(32)24(13-21)31-39(2,36)37/h3-10,12-13,22,26,29,31-33H,11,14-16H2,1-2H3,(H,30,35). The highest BCUT2D eigenvalue weighted by Gasteiger charge is 2.28. The number of phenols is 1. The van der Waals surface area contributed by atoms with Crippen molar-refractivity contribution in [2.24, 2.45) is 5.92 Å². The Hall–Kier alpha value is -3.93. The van der Waals surface area contributed by atoms with Gasteiger partial charge in [0.1, 0.15) is 5.75 Å². The van der Waals surface area contributed by atoms with E-state index in [4.69, 9.17) is 0 Å². The van der Waals surface area contributed by atoms with Gasteiger partial charge in [0.25, 0.3) is 0 Å². The number of fused-ring (bicyclic) bond motifs is 1. The molecule has 1 aliphatic heterocycles. The average molecular weight is 554 g/mol.